The number of halogens is 1. The molecule has 0 amide bonds. The van der Waals surface area contributed by atoms with E-state index >= 15 is 0 Å². The predicted molar refractivity (Wildman–Crippen MR) is 104 cm³/mol. The molecule has 1 heterocycles. The number of hydrogen-bond donors (Lipinski definition) is 1. The van der Waals surface area contributed by atoms with Crippen molar-refractivity contribution in [3.05, 3.63) is 70.4 Å². The number of carbonyl (C=O) groups is 1. The lowest BCUT2D eigenvalue weighted by Gasteiger charge is -2.05. The summed E-state index contributed by atoms with van der Waals surface area (Å²) in [5.41, 5.74) is 2.76. The number of rotatable bonds is 6. The zero-order valence-corrected chi connectivity index (χ0v) is 16.3. The fourth-order valence-corrected chi connectivity index (χ4v) is 3.03. The van der Waals surface area contributed by atoms with Crippen molar-refractivity contribution in [1.82, 2.24) is 9.13 Å². The number of imidazole rings is 1. The molecule has 0 atom stereocenters. The molecule has 0 saturated carbocycles. The van der Waals surface area contributed by atoms with Crippen LogP contribution in [0, 0.1) is 5.41 Å². The van der Waals surface area contributed by atoms with Crippen LogP contribution in [0.15, 0.2) is 59.2 Å². The molecular weight excluding hydrogens is 394 g/mol. The van der Waals surface area contributed by atoms with Gasteiger partial charge in [-0.15, -0.1) is 0 Å². The largest absolute Gasteiger partial charge is 0.494 e. The molecule has 134 valence electrons. The molecule has 0 bridgehead atoms. The van der Waals surface area contributed by atoms with E-state index < -0.39 is 0 Å². The van der Waals surface area contributed by atoms with E-state index in [0.29, 0.717) is 12.2 Å². The molecule has 3 aromatic rings. The van der Waals surface area contributed by atoms with Gasteiger partial charge in [-0.1, -0.05) is 28.1 Å². The van der Waals surface area contributed by atoms with E-state index in [4.69, 9.17) is 10.1 Å². The van der Waals surface area contributed by atoms with Crippen LogP contribution in [0.5, 0.6) is 5.75 Å². The van der Waals surface area contributed by atoms with E-state index in [1.165, 1.54) is 0 Å². The summed E-state index contributed by atoms with van der Waals surface area (Å²) in [6.07, 6.45) is 1.84. The Kier molecular flexibility index (Phi) is 5.42. The molecular formula is C20H20BrN3O2. The SMILES string of the molecule is CCOc1ccc(-c2cn(CC(=O)c3ccc(Br)cc3)c(=N)n2C)cc1. The summed E-state index contributed by atoms with van der Waals surface area (Å²) in [5, 5.41) is 8.31. The second-order valence-electron chi connectivity index (χ2n) is 5.91. The third-order valence-corrected chi connectivity index (χ3v) is 4.70. The predicted octanol–water partition coefficient (Wildman–Crippen LogP) is 4.02. The lowest BCUT2D eigenvalue weighted by Crippen LogP contribution is -2.25. The van der Waals surface area contributed by atoms with Gasteiger partial charge >= 0.3 is 0 Å². The van der Waals surface area contributed by atoms with Crippen LogP contribution in [0.1, 0.15) is 17.3 Å². The first kappa shape index (κ1) is 18.2. The van der Waals surface area contributed by atoms with Gasteiger partial charge in [-0.25, -0.2) is 0 Å². The van der Waals surface area contributed by atoms with Crippen LogP contribution in [0.25, 0.3) is 11.3 Å². The van der Waals surface area contributed by atoms with E-state index in [1.54, 1.807) is 21.3 Å². The van der Waals surface area contributed by atoms with E-state index in [9.17, 15) is 4.79 Å². The lowest BCUT2D eigenvalue weighted by molar-refractivity contribution is 0.0970. The van der Waals surface area contributed by atoms with Crippen molar-refractivity contribution in [3.8, 4) is 17.0 Å². The first-order valence-corrected chi connectivity index (χ1v) is 9.11. The van der Waals surface area contributed by atoms with Gasteiger partial charge in [0.25, 0.3) is 0 Å². The second-order valence-corrected chi connectivity index (χ2v) is 6.83. The monoisotopic (exact) mass is 413 g/mol. The summed E-state index contributed by atoms with van der Waals surface area (Å²) in [4.78, 5) is 12.5. The third kappa shape index (κ3) is 3.80. The Morgan fingerprint density at radius 1 is 1.12 bits per heavy atom. The Bertz CT molecular complexity index is 970. The minimum atomic E-state index is -0.0279. The summed E-state index contributed by atoms with van der Waals surface area (Å²) in [6, 6.07) is 15.0. The fourth-order valence-electron chi connectivity index (χ4n) is 2.76. The van der Waals surface area contributed by atoms with Gasteiger partial charge < -0.3 is 13.9 Å². The number of Topliss-reactive ketones (excluding diaryl/α,β-unsaturated/α-hetero) is 1. The number of ether oxygens (including phenoxy) is 1. The summed E-state index contributed by atoms with van der Waals surface area (Å²) in [6.45, 7) is 2.70. The Morgan fingerprint density at radius 2 is 1.77 bits per heavy atom. The Morgan fingerprint density at radius 3 is 2.38 bits per heavy atom. The zero-order valence-electron chi connectivity index (χ0n) is 14.7. The van der Waals surface area contributed by atoms with Gasteiger partial charge in [0.15, 0.2) is 5.78 Å². The number of nitrogens with zero attached hydrogens (tertiary/aromatic N) is 2. The standard InChI is InChI=1S/C20H20BrN3O2/c1-3-26-17-10-6-14(7-11-17)18-12-24(20(22)23(18)2)13-19(25)15-4-8-16(21)9-5-15/h4-12,22H,3,13H2,1-2H3. The Balaban J connectivity index is 1.86. The van der Waals surface area contributed by atoms with Gasteiger partial charge in [0.1, 0.15) is 5.75 Å². The minimum Gasteiger partial charge on any atom is -0.494 e. The van der Waals surface area contributed by atoms with Crippen LogP contribution in [-0.4, -0.2) is 21.5 Å². The third-order valence-electron chi connectivity index (χ3n) is 4.17. The summed E-state index contributed by atoms with van der Waals surface area (Å²) < 4.78 is 9.83. The summed E-state index contributed by atoms with van der Waals surface area (Å²) in [5.74, 6) is 0.787. The molecule has 0 saturated heterocycles. The molecule has 1 aromatic heterocycles. The van der Waals surface area contributed by atoms with Gasteiger partial charge in [-0.3, -0.25) is 10.2 Å². The van der Waals surface area contributed by atoms with E-state index in [1.807, 2.05) is 56.6 Å². The van der Waals surface area contributed by atoms with Gasteiger partial charge in [-0.05, 0) is 48.9 Å². The molecule has 0 aliphatic carbocycles. The maximum absolute atomic E-state index is 12.5. The molecule has 2 aromatic carbocycles. The van der Waals surface area contributed by atoms with Crippen molar-refractivity contribution in [3.63, 3.8) is 0 Å². The van der Waals surface area contributed by atoms with Crippen molar-refractivity contribution in [2.75, 3.05) is 6.61 Å². The molecule has 0 unspecified atom stereocenters. The van der Waals surface area contributed by atoms with Crippen molar-refractivity contribution < 1.29 is 9.53 Å². The van der Waals surface area contributed by atoms with Crippen LogP contribution in [0.3, 0.4) is 0 Å². The first-order chi connectivity index (χ1) is 12.5. The van der Waals surface area contributed by atoms with Crippen LogP contribution < -0.4 is 10.4 Å². The van der Waals surface area contributed by atoms with Gasteiger partial charge in [-0.2, -0.15) is 0 Å². The van der Waals surface area contributed by atoms with Crippen LogP contribution in [-0.2, 0) is 13.6 Å². The molecule has 0 spiro atoms. The quantitative estimate of drug-likeness (QED) is 0.620. The number of benzene rings is 2. The minimum absolute atomic E-state index is 0.0279. The molecule has 0 aliphatic heterocycles. The average molecular weight is 414 g/mol. The van der Waals surface area contributed by atoms with E-state index in [-0.39, 0.29) is 17.9 Å². The van der Waals surface area contributed by atoms with E-state index in [0.717, 1.165) is 21.5 Å². The highest BCUT2D eigenvalue weighted by Crippen LogP contribution is 2.21. The van der Waals surface area contributed by atoms with Crippen LogP contribution in [0.2, 0.25) is 0 Å². The second kappa shape index (κ2) is 7.74. The molecule has 6 heteroatoms. The Labute approximate surface area is 160 Å². The highest BCUT2D eigenvalue weighted by atomic mass is 79.9. The number of ketones is 1. The molecule has 0 radical (unpaired) electrons. The molecule has 3 rings (SSSR count). The summed E-state index contributed by atoms with van der Waals surface area (Å²) >= 11 is 3.37. The summed E-state index contributed by atoms with van der Waals surface area (Å²) in [7, 11) is 1.83. The van der Waals surface area contributed by atoms with Crippen LogP contribution in [0.4, 0.5) is 0 Å². The topological polar surface area (TPSA) is 60.0 Å². The molecule has 0 aliphatic rings. The molecule has 0 fully saturated rings. The van der Waals surface area contributed by atoms with Gasteiger partial charge in [0.05, 0.1) is 18.8 Å². The first-order valence-electron chi connectivity index (χ1n) is 8.32. The highest BCUT2D eigenvalue weighted by Gasteiger charge is 2.12. The number of aromatic nitrogens is 2. The molecule has 1 N–H and O–H groups in total. The Hall–Kier alpha value is -2.60. The van der Waals surface area contributed by atoms with Crippen molar-refractivity contribution >= 4 is 21.7 Å². The number of nitrogens with one attached hydrogen (secondary N) is 1. The van der Waals surface area contributed by atoms with Crippen molar-refractivity contribution in [2.24, 2.45) is 7.05 Å². The highest BCUT2D eigenvalue weighted by molar-refractivity contribution is 9.10. The zero-order chi connectivity index (χ0) is 18.7. The van der Waals surface area contributed by atoms with Crippen LogP contribution >= 0.6 is 15.9 Å². The smallest absolute Gasteiger partial charge is 0.202 e. The normalized spacial score (nSPS) is 10.7. The van der Waals surface area contributed by atoms with Crippen molar-refractivity contribution in [2.45, 2.75) is 13.5 Å². The maximum Gasteiger partial charge on any atom is 0.202 e. The lowest BCUT2D eigenvalue weighted by atomic mass is 10.1. The van der Waals surface area contributed by atoms with Gasteiger partial charge in [0, 0.05) is 23.3 Å². The molecule has 26 heavy (non-hydrogen) atoms. The van der Waals surface area contributed by atoms with Gasteiger partial charge in [0.2, 0.25) is 5.62 Å². The maximum atomic E-state index is 12.5. The molecule has 5 nitrogen and oxygen atoms in total. The number of carbonyl (C=O) groups excluding carboxylic acids is 1. The fraction of sp³-hybridized carbons (Fsp3) is 0.200. The van der Waals surface area contributed by atoms with Crippen molar-refractivity contribution in [1.29, 1.82) is 5.41 Å². The number of hydrogen-bond acceptors (Lipinski definition) is 3. The average Bonchev–Trinajstić information content (AvgIpc) is 2.92. The van der Waals surface area contributed by atoms with E-state index in [2.05, 4.69) is 15.9 Å².